The smallest absolute Gasteiger partial charge is 0.0496 e. The molecular formula is C64H52N2. The molecule has 318 valence electrons. The Labute approximate surface area is 390 Å². The van der Waals surface area contributed by atoms with E-state index in [9.17, 15) is 0 Å². The molecule has 0 radical (unpaired) electrons. The van der Waals surface area contributed by atoms with Crippen LogP contribution in [0.2, 0.25) is 0 Å². The lowest BCUT2D eigenvalue weighted by molar-refractivity contribution is 1.03. The molecule has 10 rings (SSSR count). The minimum Gasteiger partial charge on any atom is -0.311 e. The van der Waals surface area contributed by atoms with E-state index < -0.39 is 0 Å². The lowest BCUT2D eigenvalue weighted by Crippen LogP contribution is -2.14. The standard InChI is InChI=1S/C64H52N2/c1-3-61-62(4-2)64(66(59-39-29-53(30-40-59)49-21-13-7-14-22-49)60-41-31-54(32-42-60)50-23-15-8-16-24-50)46-45-63(61)55-33-43-58(44-34-55)65(56-35-25-51(26-36-56)47-17-9-5-10-18-47)57-37-27-52(28-38-57)48-19-11-6-12-20-48/h5-46H,3-4H2,1-2H3. The van der Waals surface area contributed by atoms with Crippen molar-refractivity contribution in [3.8, 4) is 55.6 Å². The molecule has 10 aromatic carbocycles. The van der Waals surface area contributed by atoms with Crippen LogP contribution in [-0.4, -0.2) is 0 Å². The molecule has 0 atom stereocenters. The van der Waals surface area contributed by atoms with E-state index in [-0.39, 0.29) is 0 Å². The molecule has 10 aromatic rings. The second-order valence-corrected chi connectivity index (χ2v) is 16.7. The van der Waals surface area contributed by atoms with Gasteiger partial charge in [-0.1, -0.05) is 202 Å². The van der Waals surface area contributed by atoms with Crippen molar-refractivity contribution >= 4 is 34.1 Å². The van der Waals surface area contributed by atoms with E-state index in [1.807, 2.05) is 0 Å². The summed E-state index contributed by atoms with van der Waals surface area (Å²) in [7, 11) is 0. The first kappa shape index (κ1) is 41.8. The van der Waals surface area contributed by atoms with Crippen molar-refractivity contribution in [3.63, 3.8) is 0 Å². The molecule has 0 aromatic heterocycles. The predicted octanol–water partition coefficient (Wildman–Crippen LogP) is 18.1. The summed E-state index contributed by atoms with van der Waals surface area (Å²) in [5.74, 6) is 0. The number of hydrogen-bond acceptors (Lipinski definition) is 2. The van der Waals surface area contributed by atoms with Gasteiger partial charge in [-0.25, -0.2) is 0 Å². The number of hydrogen-bond donors (Lipinski definition) is 0. The van der Waals surface area contributed by atoms with Crippen LogP contribution in [0.4, 0.5) is 34.1 Å². The monoisotopic (exact) mass is 848 g/mol. The Bertz CT molecular complexity index is 2960. The Kier molecular flexibility index (Phi) is 12.2. The largest absolute Gasteiger partial charge is 0.311 e. The van der Waals surface area contributed by atoms with Crippen molar-refractivity contribution in [2.45, 2.75) is 26.7 Å². The maximum atomic E-state index is 2.44. The fraction of sp³-hybridized carbons (Fsp3) is 0.0625. The first-order valence-electron chi connectivity index (χ1n) is 23.1. The maximum absolute atomic E-state index is 2.44. The molecule has 0 aliphatic heterocycles. The van der Waals surface area contributed by atoms with Crippen LogP contribution < -0.4 is 9.80 Å². The number of benzene rings is 10. The SMILES string of the molecule is CCc1c(-c2ccc(N(c3ccc(-c4ccccc4)cc3)c3ccc(-c4ccccc4)cc3)cc2)ccc(N(c2ccc(-c3ccccc3)cc2)c2ccc(-c3ccccc3)cc2)c1CC. The van der Waals surface area contributed by atoms with Gasteiger partial charge >= 0.3 is 0 Å². The van der Waals surface area contributed by atoms with Crippen molar-refractivity contribution < 1.29 is 0 Å². The Morgan fingerprint density at radius 1 is 0.227 bits per heavy atom. The van der Waals surface area contributed by atoms with E-state index in [2.05, 4.69) is 278 Å². The van der Waals surface area contributed by atoms with Gasteiger partial charge in [0, 0.05) is 34.1 Å². The summed E-state index contributed by atoms with van der Waals surface area (Å²) in [5.41, 5.74) is 21.6. The van der Waals surface area contributed by atoms with Crippen LogP contribution in [0.15, 0.2) is 255 Å². The Morgan fingerprint density at radius 2 is 0.485 bits per heavy atom. The molecule has 0 saturated heterocycles. The van der Waals surface area contributed by atoms with Crippen LogP contribution in [-0.2, 0) is 12.8 Å². The topological polar surface area (TPSA) is 6.48 Å². The van der Waals surface area contributed by atoms with Gasteiger partial charge in [-0.05, 0) is 146 Å². The summed E-state index contributed by atoms with van der Waals surface area (Å²) < 4.78 is 0. The van der Waals surface area contributed by atoms with Crippen molar-refractivity contribution in [1.82, 2.24) is 0 Å². The fourth-order valence-corrected chi connectivity index (χ4v) is 9.36. The third-order valence-electron chi connectivity index (χ3n) is 12.7. The number of rotatable bonds is 13. The zero-order valence-corrected chi connectivity index (χ0v) is 37.6. The van der Waals surface area contributed by atoms with E-state index in [0.29, 0.717) is 0 Å². The average Bonchev–Trinajstić information content (AvgIpc) is 3.40. The molecule has 0 aliphatic rings. The average molecular weight is 849 g/mol. The molecule has 0 spiro atoms. The lowest BCUT2D eigenvalue weighted by atomic mass is 9.90. The minimum absolute atomic E-state index is 0.900. The maximum Gasteiger partial charge on any atom is 0.0496 e. The van der Waals surface area contributed by atoms with Gasteiger partial charge in [0.1, 0.15) is 0 Å². The molecule has 0 amide bonds. The van der Waals surface area contributed by atoms with Crippen molar-refractivity contribution in [3.05, 3.63) is 266 Å². The van der Waals surface area contributed by atoms with Crippen molar-refractivity contribution in [2.75, 3.05) is 9.80 Å². The third-order valence-corrected chi connectivity index (χ3v) is 12.7. The van der Waals surface area contributed by atoms with Gasteiger partial charge in [0.2, 0.25) is 0 Å². The lowest BCUT2D eigenvalue weighted by Gasteiger charge is -2.30. The molecule has 0 heterocycles. The fourth-order valence-electron chi connectivity index (χ4n) is 9.36. The van der Waals surface area contributed by atoms with Crippen LogP contribution in [0.3, 0.4) is 0 Å². The quantitative estimate of drug-likeness (QED) is 0.114. The van der Waals surface area contributed by atoms with Gasteiger partial charge in [0.05, 0.1) is 0 Å². The van der Waals surface area contributed by atoms with E-state index in [1.165, 1.54) is 72.4 Å². The molecule has 2 nitrogen and oxygen atoms in total. The summed E-state index contributed by atoms with van der Waals surface area (Å²) in [4.78, 5) is 4.80. The summed E-state index contributed by atoms with van der Waals surface area (Å²) in [6.45, 7) is 4.59. The zero-order chi connectivity index (χ0) is 44.7. The molecule has 0 bridgehead atoms. The van der Waals surface area contributed by atoms with E-state index in [4.69, 9.17) is 0 Å². The van der Waals surface area contributed by atoms with Gasteiger partial charge < -0.3 is 9.80 Å². The Morgan fingerprint density at radius 3 is 0.773 bits per heavy atom. The predicted molar refractivity (Wildman–Crippen MR) is 282 cm³/mol. The van der Waals surface area contributed by atoms with Crippen LogP contribution in [0.5, 0.6) is 0 Å². The van der Waals surface area contributed by atoms with Crippen LogP contribution >= 0.6 is 0 Å². The molecule has 0 aliphatic carbocycles. The molecule has 0 N–H and O–H groups in total. The normalized spacial score (nSPS) is 11.0. The van der Waals surface area contributed by atoms with Crippen molar-refractivity contribution in [1.29, 1.82) is 0 Å². The van der Waals surface area contributed by atoms with E-state index in [0.717, 1.165) is 41.3 Å². The highest BCUT2D eigenvalue weighted by Crippen LogP contribution is 2.43. The molecule has 0 saturated carbocycles. The van der Waals surface area contributed by atoms with Gasteiger partial charge in [-0.15, -0.1) is 0 Å². The summed E-state index contributed by atoms with van der Waals surface area (Å²) in [6.07, 6.45) is 1.81. The molecule has 0 unspecified atom stereocenters. The summed E-state index contributed by atoms with van der Waals surface area (Å²) in [6, 6.07) is 92.1. The molecule has 66 heavy (non-hydrogen) atoms. The van der Waals surface area contributed by atoms with Gasteiger partial charge in [-0.2, -0.15) is 0 Å². The molecule has 0 fully saturated rings. The second-order valence-electron chi connectivity index (χ2n) is 16.7. The first-order chi connectivity index (χ1) is 32.6. The molecule has 2 heteroatoms. The third kappa shape index (κ3) is 8.70. The Hall–Kier alpha value is -8.20. The summed E-state index contributed by atoms with van der Waals surface area (Å²) >= 11 is 0. The van der Waals surface area contributed by atoms with Crippen LogP contribution in [0.25, 0.3) is 55.6 Å². The molecular weight excluding hydrogens is 797 g/mol. The zero-order valence-electron chi connectivity index (χ0n) is 37.6. The Balaban J connectivity index is 1.02. The highest BCUT2D eigenvalue weighted by molar-refractivity contribution is 5.86. The highest BCUT2D eigenvalue weighted by Gasteiger charge is 2.21. The van der Waals surface area contributed by atoms with Crippen LogP contribution in [0, 0.1) is 0 Å². The highest BCUT2D eigenvalue weighted by atomic mass is 15.1. The van der Waals surface area contributed by atoms with Gasteiger partial charge in [0.15, 0.2) is 0 Å². The van der Waals surface area contributed by atoms with E-state index in [1.54, 1.807) is 0 Å². The van der Waals surface area contributed by atoms with Crippen LogP contribution in [0.1, 0.15) is 25.0 Å². The van der Waals surface area contributed by atoms with Gasteiger partial charge in [-0.3, -0.25) is 0 Å². The van der Waals surface area contributed by atoms with Crippen molar-refractivity contribution in [2.24, 2.45) is 0 Å². The second kappa shape index (κ2) is 19.3. The van der Waals surface area contributed by atoms with Gasteiger partial charge in [0.25, 0.3) is 0 Å². The first-order valence-corrected chi connectivity index (χ1v) is 23.1. The summed E-state index contributed by atoms with van der Waals surface area (Å²) in [5, 5.41) is 0. The number of anilines is 6. The minimum atomic E-state index is 0.900. The number of nitrogens with zero attached hydrogens (tertiary/aromatic N) is 2. The van der Waals surface area contributed by atoms with E-state index >= 15 is 0 Å².